The van der Waals surface area contributed by atoms with E-state index in [9.17, 15) is 9.90 Å². The van der Waals surface area contributed by atoms with Gasteiger partial charge in [-0.2, -0.15) is 0 Å². The van der Waals surface area contributed by atoms with Gasteiger partial charge in [-0.1, -0.05) is 45.2 Å². The molecule has 0 aromatic carbocycles. The van der Waals surface area contributed by atoms with Crippen LogP contribution in [0.2, 0.25) is 0 Å². The van der Waals surface area contributed by atoms with Crippen LogP contribution in [0.4, 0.5) is 0 Å². The average Bonchev–Trinajstić information content (AvgIpc) is 1.95. The number of carboxylic acids is 1. The van der Waals surface area contributed by atoms with Gasteiger partial charge in [-0.05, 0) is 44.4 Å². The van der Waals surface area contributed by atoms with Crippen molar-refractivity contribution in [3.63, 3.8) is 0 Å². The molecular formula is C11H14I2O2. The number of aliphatic carboxylic acids is 1. The Morgan fingerprint density at radius 2 is 1.60 bits per heavy atom. The van der Waals surface area contributed by atoms with E-state index in [-0.39, 0.29) is 12.3 Å². The number of alkyl halides is 2. The second-order valence-electron chi connectivity index (χ2n) is 5.90. The zero-order valence-electron chi connectivity index (χ0n) is 8.43. The summed E-state index contributed by atoms with van der Waals surface area (Å²) < 4.78 is 0.577. The van der Waals surface area contributed by atoms with Crippen LogP contribution in [0, 0.1) is 11.3 Å². The summed E-state index contributed by atoms with van der Waals surface area (Å²) in [6, 6.07) is 0. The van der Waals surface area contributed by atoms with E-state index in [4.69, 9.17) is 0 Å². The van der Waals surface area contributed by atoms with Gasteiger partial charge in [0.25, 0.3) is 0 Å². The molecule has 4 fully saturated rings. The lowest BCUT2D eigenvalue weighted by Gasteiger charge is -2.62. The van der Waals surface area contributed by atoms with Crippen LogP contribution in [-0.2, 0) is 4.79 Å². The van der Waals surface area contributed by atoms with Gasteiger partial charge in [-0.15, -0.1) is 0 Å². The van der Waals surface area contributed by atoms with E-state index in [1.165, 1.54) is 19.3 Å². The molecule has 84 valence electrons. The second-order valence-corrected chi connectivity index (χ2v) is 10.5. The van der Waals surface area contributed by atoms with E-state index < -0.39 is 5.97 Å². The van der Waals surface area contributed by atoms with Gasteiger partial charge in [-0.3, -0.25) is 4.79 Å². The Balaban J connectivity index is 2.05. The molecule has 2 atom stereocenters. The van der Waals surface area contributed by atoms with Crippen molar-refractivity contribution in [1.82, 2.24) is 0 Å². The first-order valence-corrected chi connectivity index (χ1v) is 7.62. The summed E-state index contributed by atoms with van der Waals surface area (Å²) in [7, 11) is 0. The maximum atomic E-state index is 11.5. The Morgan fingerprint density at radius 3 is 2.00 bits per heavy atom. The molecule has 0 radical (unpaired) electrons. The quantitative estimate of drug-likeness (QED) is 0.510. The number of carboxylic acid groups (broad SMARTS) is 1. The highest BCUT2D eigenvalue weighted by molar-refractivity contribution is 14.1. The molecule has 4 bridgehead atoms. The van der Waals surface area contributed by atoms with Gasteiger partial charge < -0.3 is 5.11 Å². The Kier molecular flexibility index (Phi) is 2.23. The Bertz CT molecular complexity index is 323. The van der Waals surface area contributed by atoms with Crippen molar-refractivity contribution in [2.24, 2.45) is 11.3 Å². The smallest absolute Gasteiger partial charge is 0.309 e. The lowest BCUT2D eigenvalue weighted by molar-refractivity contribution is -0.160. The second kappa shape index (κ2) is 3.03. The normalized spacial score (nSPS) is 57.1. The number of carbonyl (C=O) groups is 1. The molecule has 0 amide bonds. The SMILES string of the molecule is O=C(O)C12CC3CC(I)(CC(I)(C3)C1)C2. The van der Waals surface area contributed by atoms with Gasteiger partial charge in [0.05, 0.1) is 5.41 Å². The van der Waals surface area contributed by atoms with E-state index in [1.807, 2.05) is 0 Å². The fourth-order valence-corrected chi connectivity index (χ4v) is 9.34. The van der Waals surface area contributed by atoms with Crippen molar-refractivity contribution in [2.45, 2.75) is 45.4 Å². The van der Waals surface area contributed by atoms with Gasteiger partial charge in [0, 0.05) is 6.84 Å². The summed E-state index contributed by atoms with van der Waals surface area (Å²) in [5, 5.41) is 9.50. The minimum absolute atomic E-state index is 0.288. The molecule has 4 aliphatic carbocycles. The van der Waals surface area contributed by atoms with Gasteiger partial charge >= 0.3 is 5.97 Å². The summed E-state index contributed by atoms with van der Waals surface area (Å²) in [4.78, 5) is 11.5. The maximum absolute atomic E-state index is 11.5. The van der Waals surface area contributed by atoms with E-state index in [2.05, 4.69) is 45.2 Å². The molecule has 4 rings (SSSR count). The monoisotopic (exact) mass is 432 g/mol. The predicted octanol–water partition coefficient (Wildman–Crippen LogP) is 3.40. The Morgan fingerprint density at radius 1 is 1.07 bits per heavy atom. The zero-order chi connectivity index (χ0) is 10.9. The third-order valence-electron chi connectivity index (χ3n) is 4.39. The molecule has 0 spiro atoms. The third kappa shape index (κ3) is 1.57. The molecule has 4 saturated carbocycles. The first-order valence-electron chi connectivity index (χ1n) is 5.46. The van der Waals surface area contributed by atoms with Crippen LogP contribution in [0.3, 0.4) is 0 Å². The summed E-state index contributed by atoms with van der Waals surface area (Å²) in [6.07, 6.45) is 6.51. The maximum Gasteiger partial charge on any atom is 0.309 e. The van der Waals surface area contributed by atoms with E-state index >= 15 is 0 Å². The van der Waals surface area contributed by atoms with Crippen LogP contribution in [-0.4, -0.2) is 17.9 Å². The van der Waals surface area contributed by atoms with Crippen LogP contribution >= 0.6 is 45.2 Å². The minimum atomic E-state index is -0.534. The van der Waals surface area contributed by atoms with E-state index in [0.717, 1.165) is 19.3 Å². The van der Waals surface area contributed by atoms with Crippen molar-refractivity contribution in [3.05, 3.63) is 0 Å². The highest BCUT2D eigenvalue weighted by Crippen LogP contribution is 2.68. The van der Waals surface area contributed by atoms with E-state index in [1.54, 1.807) is 0 Å². The largest absolute Gasteiger partial charge is 0.481 e. The third-order valence-corrected chi connectivity index (χ3v) is 6.79. The molecule has 0 aromatic rings. The molecule has 0 aliphatic heterocycles. The molecular weight excluding hydrogens is 418 g/mol. The van der Waals surface area contributed by atoms with Crippen LogP contribution in [0.5, 0.6) is 0 Å². The molecule has 4 aliphatic rings. The molecule has 2 unspecified atom stereocenters. The number of rotatable bonds is 1. The fraction of sp³-hybridized carbons (Fsp3) is 0.909. The van der Waals surface area contributed by atoms with Gasteiger partial charge in [0.2, 0.25) is 0 Å². The van der Waals surface area contributed by atoms with Crippen molar-refractivity contribution in [3.8, 4) is 0 Å². The molecule has 0 heterocycles. The molecule has 4 heteroatoms. The van der Waals surface area contributed by atoms with Crippen molar-refractivity contribution < 1.29 is 9.90 Å². The highest BCUT2D eigenvalue weighted by atomic mass is 127. The minimum Gasteiger partial charge on any atom is -0.481 e. The molecule has 15 heavy (non-hydrogen) atoms. The molecule has 2 nitrogen and oxygen atoms in total. The first-order chi connectivity index (χ1) is 6.85. The summed E-state index contributed by atoms with van der Waals surface area (Å²) in [6.45, 7) is 0. The van der Waals surface area contributed by atoms with Crippen molar-refractivity contribution >= 4 is 51.2 Å². The van der Waals surface area contributed by atoms with Gasteiger partial charge in [-0.25, -0.2) is 0 Å². The van der Waals surface area contributed by atoms with Crippen LogP contribution in [0.1, 0.15) is 38.5 Å². The van der Waals surface area contributed by atoms with E-state index in [0.29, 0.717) is 5.92 Å². The number of hydrogen-bond donors (Lipinski definition) is 1. The Labute approximate surface area is 117 Å². The van der Waals surface area contributed by atoms with Gasteiger partial charge in [0.1, 0.15) is 0 Å². The van der Waals surface area contributed by atoms with Crippen LogP contribution in [0.15, 0.2) is 0 Å². The number of halogens is 2. The first kappa shape index (κ1) is 11.0. The zero-order valence-corrected chi connectivity index (χ0v) is 12.7. The topological polar surface area (TPSA) is 37.3 Å². The van der Waals surface area contributed by atoms with Crippen LogP contribution in [0.25, 0.3) is 0 Å². The molecule has 0 saturated heterocycles. The van der Waals surface area contributed by atoms with Crippen LogP contribution < -0.4 is 0 Å². The van der Waals surface area contributed by atoms with Gasteiger partial charge in [0.15, 0.2) is 0 Å². The standard InChI is InChI=1S/C11H14I2O2/c12-10-2-7-1-9(4-10,8(14)15)5-11(13,3-7)6-10/h7H,1-6H2,(H,14,15). The Hall–Kier alpha value is 0.930. The summed E-state index contributed by atoms with van der Waals surface area (Å²) in [5.41, 5.74) is -0.373. The van der Waals surface area contributed by atoms with Crippen molar-refractivity contribution in [2.75, 3.05) is 0 Å². The number of hydrogen-bond acceptors (Lipinski definition) is 1. The summed E-state index contributed by atoms with van der Waals surface area (Å²) >= 11 is 5.10. The average molecular weight is 432 g/mol. The highest BCUT2D eigenvalue weighted by Gasteiger charge is 2.64. The molecule has 0 aromatic heterocycles. The van der Waals surface area contributed by atoms with Crippen molar-refractivity contribution in [1.29, 1.82) is 0 Å². The fourth-order valence-electron chi connectivity index (χ4n) is 4.44. The predicted molar refractivity (Wildman–Crippen MR) is 74.8 cm³/mol. The lowest BCUT2D eigenvalue weighted by Crippen LogP contribution is -2.60. The summed E-state index contributed by atoms with van der Waals surface area (Å²) in [5.74, 6) is 0.139. The lowest BCUT2D eigenvalue weighted by atomic mass is 9.49. The molecule has 1 N–H and O–H groups in total.